The molecule has 1 aromatic heterocycles. The molecule has 4 nitrogen and oxygen atoms in total. The van der Waals surface area contributed by atoms with Crippen molar-refractivity contribution < 1.29 is 14.3 Å². The van der Waals surface area contributed by atoms with Gasteiger partial charge in [0, 0.05) is 15.4 Å². The first kappa shape index (κ1) is 16.0. The van der Waals surface area contributed by atoms with Crippen molar-refractivity contribution in [2.75, 3.05) is 6.61 Å². The average molecular weight is 415 g/mol. The quantitative estimate of drug-likeness (QED) is 0.582. The standard InChI is InChI=1S/C15H14INO3S/c1-10(18)17-8-13-5-6-15(21-13)14(19)9-20-12-4-2-3-11(16)7-12/h2-7H,8-9H2,1H3,(H,17,18). The molecule has 0 radical (unpaired) electrons. The van der Waals surface area contributed by atoms with Crippen LogP contribution in [0.25, 0.3) is 0 Å². The Bertz CT molecular complexity index is 654. The summed E-state index contributed by atoms with van der Waals surface area (Å²) in [7, 11) is 0. The van der Waals surface area contributed by atoms with Crippen molar-refractivity contribution in [3.63, 3.8) is 0 Å². The maximum absolute atomic E-state index is 12.1. The normalized spacial score (nSPS) is 10.2. The maximum Gasteiger partial charge on any atom is 0.217 e. The number of hydrogen-bond donors (Lipinski definition) is 1. The molecule has 0 aliphatic carbocycles. The molecule has 1 N–H and O–H groups in total. The van der Waals surface area contributed by atoms with Gasteiger partial charge < -0.3 is 10.1 Å². The fourth-order valence-corrected chi connectivity index (χ4v) is 3.00. The Kier molecular flexibility index (Phi) is 5.75. The third kappa shape index (κ3) is 5.13. The van der Waals surface area contributed by atoms with Gasteiger partial charge in [0.05, 0.1) is 11.4 Å². The first-order chi connectivity index (χ1) is 10.0. The number of ketones is 1. The molecular weight excluding hydrogens is 401 g/mol. The van der Waals surface area contributed by atoms with E-state index in [0.717, 1.165) is 8.45 Å². The van der Waals surface area contributed by atoms with Crippen LogP contribution in [-0.4, -0.2) is 18.3 Å². The number of hydrogen-bond acceptors (Lipinski definition) is 4. The van der Waals surface area contributed by atoms with Crippen LogP contribution < -0.4 is 10.1 Å². The molecule has 21 heavy (non-hydrogen) atoms. The Hall–Kier alpha value is -1.41. The summed E-state index contributed by atoms with van der Waals surface area (Å²) in [6, 6.07) is 11.2. The molecule has 0 aliphatic heterocycles. The molecule has 0 unspecified atom stereocenters. The van der Waals surface area contributed by atoms with Crippen LogP contribution in [0.4, 0.5) is 0 Å². The van der Waals surface area contributed by atoms with E-state index in [2.05, 4.69) is 27.9 Å². The number of Topliss-reactive ketones (excluding diaryl/α,β-unsaturated/α-hetero) is 1. The van der Waals surface area contributed by atoms with Crippen molar-refractivity contribution >= 4 is 45.6 Å². The number of ether oxygens (including phenoxy) is 1. The number of halogens is 1. The van der Waals surface area contributed by atoms with E-state index in [9.17, 15) is 9.59 Å². The molecule has 110 valence electrons. The largest absolute Gasteiger partial charge is 0.485 e. The molecule has 2 rings (SSSR count). The summed E-state index contributed by atoms with van der Waals surface area (Å²) in [5.74, 6) is 0.538. The smallest absolute Gasteiger partial charge is 0.217 e. The van der Waals surface area contributed by atoms with Gasteiger partial charge in [-0.1, -0.05) is 6.07 Å². The molecule has 1 heterocycles. The number of thiophene rings is 1. The van der Waals surface area contributed by atoms with E-state index >= 15 is 0 Å². The van der Waals surface area contributed by atoms with E-state index in [4.69, 9.17) is 4.74 Å². The molecule has 0 bridgehead atoms. The second kappa shape index (κ2) is 7.56. The number of carbonyl (C=O) groups excluding carboxylic acids is 2. The van der Waals surface area contributed by atoms with E-state index in [1.54, 1.807) is 6.07 Å². The molecule has 0 saturated heterocycles. The van der Waals surface area contributed by atoms with Crippen LogP contribution in [0, 0.1) is 3.57 Å². The average Bonchev–Trinajstić information content (AvgIpc) is 2.91. The van der Waals surface area contributed by atoms with Gasteiger partial charge in [0.15, 0.2) is 6.61 Å². The fourth-order valence-electron chi connectivity index (χ4n) is 1.61. The lowest BCUT2D eigenvalue weighted by molar-refractivity contribution is -0.119. The summed E-state index contributed by atoms with van der Waals surface area (Å²) in [5, 5.41) is 2.71. The molecule has 1 aromatic carbocycles. The molecule has 2 aromatic rings. The second-order valence-corrected chi connectivity index (χ2v) is 6.76. The van der Waals surface area contributed by atoms with Crippen molar-refractivity contribution in [1.82, 2.24) is 5.32 Å². The van der Waals surface area contributed by atoms with Crippen molar-refractivity contribution in [3.05, 3.63) is 49.7 Å². The summed E-state index contributed by atoms with van der Waals surface area (Å²) in [5.41, 5.74) is 0. The molecule has 1 amide bonds. The zero-order valence-corrected chi connectivity index (χ0v) is 14.4. The first-order valence-electron chi connectivity index (χ1n) is 6.29. The highest BCUT2D eigenvalue weighted by molar-refractivity contribution is 14.1. The predicted octanol–water partition coefficient (Wildman–Crippen LogP) is 3.25. The summed E-state index contributed by atoms with van der Waals surface area (Å²) in [6.07, 6.45) is 0. The van der Waals surface area contributed by atoms with Crippen molar-refractivity contribution in [3.8, 4) is 5.75 Å². The highest BCUT2D eigenvalue weighted by Gasteiger charge is 2.10. The van der Waals surface area contributed by atoms with E-state index in [-0.39, 0.29) is 18.3 Å². The number of carbonyl (C=O) groups is 2. The zero-order chi connectivity index (χ0) is 15.2. The third-order valence-electron chi connectivity index (χ3n) is 2.61. The van der Waals surface area contributed by atoms with Gasteiger partial charge in [0.25, 0.3) is 0 Å². The summed E-state index contributed by atoms with van der Waals surface area (Å²) >= 11 is 3.57. The Morgan fingerprint density at radius 2 is 2.10 bits per heavy atom. The molecule has 0 fully saturated rings. The lowest BCUT2D eigenvalue weighted by Gasteiger charge is -2.04. The van der Waals surface area contributed by atoms with Crippen LogP contribution in [-0.2, 0) is 11.3 Å². The first-order valence-corrected chi connectivity index (χ1v) is 8.19. The van der Waals surface area contributed by atoms with Crippen LogP contribution in [0.1, 0.15) is 21.5 Å². The van der Waals surface area contributed by atoms with Gasteiger partial charge >= 0.3 is 0 Å². The molecule has 0 atom stereocenters. The molecule has 6 heteroatoms. The third-order valence-corrected chi connectivity index (χ3v) is 4.41. The van der Waals surface area contributed by atoms with Gasteiger partial charge in [-0.25, -0.2) is 0 Å². The fraction of sp³-hybridized carbons (Fsp3) is 0.200. The Balaban J connectivity index is 1.90. The van der Waals surface area contributed by atoms with Crippen molar-refractivity contribution in [2.24, 2.45) is 0 Å². The number of benzene rings is 1. The van der Waals surface area contributed by atoms with Crippen LogP contribution in [0.2, 0.25) is 0 Å². The maximum atomic E-state index is 12.1. The summed E-state index contributed by atoms with van der Waals surface area (Å²) in [6.45, 7) is 1.93. The van der Waals surface area contributed by atoms with E-state index in [0.29, 0.717) is 17.2 Å². The molecule has 0 saturated carbocycles. The van der Waals surface area contributed by atoms with Crippen LogP contribution >= 0.6 is 33.9 Å². The van der Waals surface area contributed by atoms with Crippen LogP contribution in [0.5, 0.6) is 5.75 Å². The molecular formula is C15H14INO3S. The summed E-state index contributed by atoms with van der Waals surface area (Å²) in [4.78, 5) is 24.5. The van der Waals surface area contributed by atoms with Gasteiger partial charge in [-0.2, -0.15) is 0 Å². The van der Waals surface area contributed by atoms with Crippen LogP contribution in [0.15, 0.2) is 36.4 Å². The van der Waals surface area contributed by atoms with E-state index in [1.165, 1.54) is 18.3 Å². The van der Waals surface area contributed by atoms with Gasteiger partial charge in [-0.15, -0.1) is 11.3 Å². The lowest BCUT2D eigenvalue weighted by Crippen LogP contribution is -2.18. The number of amides is 1. The van der Waals surface area contributed by atoms with Gasteiger partial charge in [-0.3, -0.25) is 9.59 Å². The second-order valence-electron chi connectivity index (χ2n) is 4.34. The monoisotopic (exact) mass is 415 g/mol. The SMILES string of the molecule is CC(=O)NCc1ccc(C(=O)COc2cccc(I)c2)s1. The Morgan fingerprint density at radius 1 is 1.29 bits per heavy atom. The van der Waals surface area contributed by atoms with Gasteiger partial charge in [-0.05, 0) is 52.9 Å². The predicted molar refractivity (Wildman–Crippen MR) is 90.8 cm³/mol. The Labute approximate surface area is 140 Å². The highest BCUT2D eigenvalue weighted by atomic mass is 127. The van der Waals surface area contributed by atoms with E-state index in [1.807, 2.05) is 30.3 Å². The number of nitrogens with one attached hydrogen (secondary N) is 1. The molecule has 0 aliphatic rings. The van der Waals surface area contributed by atoms with Crippen molar-refractivity contribution in [2.45, 2.75) is 13.5 Å². The van der Waals surface area contributed by atoms with Gasteiger partial charge in [0.1, 0.15) is 5.75 Å². The zero-order valence-electron chi connectivity index (χ0n) is 11.4. The number of rotatable bonds is 6. The lowest BCUT2D eigenvalue weighted by atomic mass is 10.3. The topological polar surface area (TPSA) is 55.4 Å². The van der Waals surface area contributed by atoms with Crippen molar-refractivity contribution in [1.29, 1.82) is 0 Å². The van der Waals surface area contributed by atoms with E-state index < -0.39 is 0 Å². The minimum Gasteiger partial charge on any atom is -0.485 e. The highest BCUT2D eigenvalue weighted by Crippen LogP contribution is 2.19. The summed E-state index contributed by atoms with van der Waals surface area (Å²) < 4.78 is 6.55. The minimum absolute atomic E-state index is 0.0141. The minimum atomic E-state index is -0.0849. The Morgan fingerprint density at radius 3 is 2.81 bits per heavy atom. The van der Waals surface area contributed by atoms with Gasteiger partial charge in [0.2, 0.25) is 11.7 Å². The molecule has 0 spiro atoms. The van der Waals surface area contributed by atoms with Crippen LogP contribution in [0.3, 0.4) is 0 Å².